The predicted octanol–water partition coefficient (Wildman–Crippen LogP) is 2.49. The van der Waals surface area contributed by atoms with Crippen molar-refractivity contribution in [3.05, 3.63) is 71.9 Å². The van der Waals surface area contributed by atoms with Crippen LogP contribution >= 0.6 is 12.4 Å². The number of halogens is 1. The van der Waals surface area contributed by atoms with Gasteiger partial charge in [-0.25, -0.2) is 0 Å². The number of para-hydroxylation sites is 1. The van der Waals surface area contributed by atoms with E-state index >= 15 is 0 Å². The van der Waals surface area contributed by atoms with Crippen molar-refractivity contribution in [3.63, 3.8) is 0 Å². The number of likely N-dealkylation sites (tertiary alicyclic amines) is 1. The van der Waals surface area contributed by atoms with Crippen LogP contribution in [0.5, 0.6) is 0 Å². The number of rotatable bonds is 7. The van der Waals surface area contributed by atoms with Gasteiger partial charge in [-0.2, -0.15) is 0 Å². The molecule has 11 heteroatoms. The molecule has 0 saturated carbocycles. The zero-order chi connectivity index (χ0) is 28.8. The Morgan fingerprint density at radius 3 is 2.15 bits per heavy atom. The van der Waals surface area contributed by atoms with Gasteiger partial charge >= 0.3 is 5.97 Å². The minimum Gasteiger partial charge on any atom is -0.481 e. The summed E-state index contributed by atoms with van der Waals surface area (Å²) in [5, 5.41) is 13.9. The molecule has 216 valence electrons. The molecule has 1 fully saturated rings. The molecule has 40 heavy (non-hydrogen) atoms. The van der Waals surface area contributed by atoms with E-state index in [2.05, 4.69) is 16.0 Å². The Labute approximate surface area is 239 Å². The van der Waals surface area contributed by atoms with E-state index in [0.29, 0.717) is 19.3 Å². The van der Waals surface area contributed by atoms with Gasteiger partial charge in [-0.05, 0) is 43.9 Å². The van der Waals surface area contributed by atoms with Crippen molar-refractivity contribution in [2.24, 2.45) is 11.5 Å². The van der Waals surface area contributed by atoms with E-state index in [9.17, 15) is 24.3 Å². The number of carboxylic acids is 1. The van der Waals surface area contributed by atoms with Gasteiger partial charge in [0.1, 0.15) is 6.04 Å². The number of carboxylic acid groups (broad SMARTS) is 1. The van der Waals surface area contributed by atoms with Crippen LogP contribution in [0.25, 0.3) is 10.9 Å². The molecule has 3 amide bonds. The number of nitrogens with zero attached hydrogens (tertiary/aromatic N) is 1. The summed E-state index contributed by atoms with van der Waals surface area (Å²) in [6.07, 6.45) is 2.75. The van der Waals surface area contributed by atoms with Crippen LogP contribution in [0.2, 0.25) is 0 Å². The highest BCUT2D eigenvalue weighted by molar-refractivity contribution is 5.93. The van der Waals surface area contributed by atoms with Gasteiger partial charge in [-0.1, -0.05) is 48.5 Å². The number of fused-ring (bicyclic) bond motifs is 1. The highest BCUT2D eigenvalue weighted by Gasteiger charge is 2.44. The third kappa shape index (κ3) is 7.61. The number of piperidine rings is 1. The predicted molar refractivity (Wildman–Crippen MR) is 156 cm³/mol. The van der Waals surface area contributed by atoms with Crippen molar-refractivity contribution in [3.8, 4) is 0 Å². The van der Waals surface area contributed by atoms with Crippen molar-refractivity contribution >= 4 is 47.0 Å². The summed E-state index contributed by atoms with van der Waals surface area (Å²) in [5.41, 5.74) is 10.9. The zero-order valence-corrected chi connectivity index (χ0v) is 23.8. The van der Waals surface area contributed by atoms with Gasteiger partial charge < -0.3 is 31.8 Å². The summed E-state index contributed by atoms with van der Waals surface area (Å²) in [6.45, 7) is 5.06. The first kappa shape index (κ1) is 32.3. The molecule has 1 aliphatic rings. The first-order valence-electron chi connectivity index (χ1n) is 12.8. The second-order valence-corrected chi connectivity index (χ2v) is 10.5. The third-order valence-electron chi connectivity index (χ3n) is 6.95. The molecular formula is C29H38ClN5O5. The van der Waals surface area contributed by atoms with Crippen LogP contribution in [-0.4, -0.2) is 63.4 Å². The molecule has 1 unspecified atom stereocenters. The second kappa shape index (κ2) is 13.5. The summed E-state index contributed by atoms with van der Waals surface area (Å²) in [7, 11) is 0. The van der Waals surface area contributed by atoms with E-state index in [4.69, 9.17) is 5.73 Å². The van der Waals surface area contributed by atoms with E-state index in [1.54, 1.807) is 18.7 Å². The van der Waals surface area contributed by atoms with Crippen molar-refractivity contribution in [2.75, 3.05) is 13.1 Å². The lowest BCUT2D eigenvalue weighted by Crippen LogP contribution is -2.58. The molecule has 0 radical (unpaired) electrons. The number of H-pyrrole nitrogens is 1. The number of carbonyl (C=O) groups is 4. The maximum absolute atomic E-state index is 13.7. The van der Waals surface area contributed by atoms with Crippen LogP contribution in [-0.2, 0) is 31.0 Å². The largest absolute Gasteiger partial charge is 0.481 e. The number of hydrogen-bond donors (Lipinski definition) is 5. The first-order valence-corrected chi connectivity index (χ1v) is 12.8. The maximum atomic E-state index is 13.7. The van der Waals surface area contributed by atoms with Gasteiger partial charge in [0.05, 0.1) is 11.0 Å². The molecule has 3 aromatic rings. The number of amides is 3. The molecule has 1 atom stereocenters. The summed E-state index contributed by atoms with van der Waals surface area (Å²) in [5.74, 6) is -1.87. The number of hydrogen-bond acceptors (Lipinski definition) is 5. The van der Waals surface area contributed by atoms with Gasteiger partial charge in [0.15, 0.2) is 0 Å². The monoisotopic (exact) mass is 571 g/mol. The molecule has 2 heterocycles. The number of nitrogens with one attached hydrogen (secondary N) is 2. The van der Waals surface area contributed by atoms with Gasteiger partial charge in [0, 0.05) is 43.5 Å². The Hall–Kier alpha value is -3.89. The van der Waals surface area contributed by atoms with E-state index < -0.39 is 28.9 Å². The van der Waals surface area contributed by atoms with Crippen LogP contribution < -0.4 is 16.8 Å². The fourth-order valence-corrected chi connectivity index (χ4v) is 4.78. The fourth-order valence-electron chi connectivity index (χ4n) is 4.78. The van der Waals surface area contributed by atoms with Gasteiger partial charge in [-0.15, -0.1) is 12.4 Å². The van der Waals surface area contributed by atoms with Crippen LogP contribution in [0.3, 0.4) is 0 Å². The summed E-state index contributed by atoms with van der Waals surface area (Å²) in [6, 6.07) is 16.1. The van der Waals surface area contributed by atoms with E-state index in [-0.39, 0.29) is 37.3 Å². The average molecular weight is 572 g/mol. The van der Waals surface area contributed by atoms with Crippen LogP contribution in [0.15, 0.2) is 60.8 Å². The number of primary amides is 1. The topological polar surface area (TPSA) is 172 Å². The Balaban J connectivity index is 0.00000105. The summed E-state index contributed by atoms with van der Waals surface area (Å²) >= 11 is 0. The Bertz CT molecular complexity index is 1320. The van der Waals surface area contributed by atoms with Crippen molar-refractivity contribution in [1.29, 1.82) is 0 Å². The standard InChI is InChI=1S/C27H32N4O4.C2H5NO.ClH/c1-26(2,28)24(33)30-22(16-18-17-29-21-11-7-6-10-20(18)21)23(32)31-14-12-27(13-15-31,25(34)35)19-8-4-3-5-9-19;1-2(3)4;/h3-11,17,22,29H,12-16,28H2,1-2H3,(H,30,33)(H,34,35);1H3,(H2,3,4);1H. The molecule has 0 aliphatic carbocycles. The van der Waals surface area contributed by atoms with Crippen LogP contribution in [0.4, 0.5) is 0 Å². The lowest BCUT2D eigenvalue weighted by atomic mass is 9.72. The first-order chi connectivity index (χ1) is 18.3. The fraction of sp³-hybridized carbons (Fsp3) is 0.379. The van der Waals surface area contributed by atoms with E-state index in [1.165, 1.54) is 6.92 Å². The zero-order valence-electron chi connectivity index (χ0n) is 23.0. The Morgan fingerprint density at radius 2 is 1.60 bits per heavy atom. The summed E-state index contributed by atoms with van der Waals surface area (Å²) in [4.78, 5) is 52.8. The highest BCUT2D eigenvalue weighted by atomic mass is 35.5. The SMILES string of the molecule is CC(C)(N)C(=O)NC(Cc1c[nH]c2ccccc12)C(=O)N1CCC(C(=O)O)(c2ccccc2)CC1.CC(N)=O.Cl. The van der Waals surface area contributed by atoms with Crippen LogP contribution in [0, 0.1) is 0 Å². The van der Waals surface area contributed by atoms with Gasteiger partial charge in [0.25, 0.3) is 0 Å². The Kier molecular flexibility index (Phi) is 10.9. The number of benzene rings is 2. The number of aromatic nitrogens is 1. The number of aliphatic carboxylic acids is 1. The quantitative estimate of drug-likeness (QED) is 0.291. The second-order valence-electron chi connectivity index (χ2n) is 10.5. The number of carbonyl (C=O) groups excluding carboxylic acids is 3. The molecule has 7 N–H and O–H groups in total. The molecule has 10 nitrogen and oxygen atoms in total. The minimum absolute atomic E-state index is 0. The number of nitrogens with two attached hydrogens (primary N) is 2. The lowest BCUT2D eigenvalue weighted by molar-refractivity contribution is -0.149. The molecule has 1 saturated heterocycles. The molecule has 0 bridgehead atoms. The smallest absolute Gasteiger partial charge is 0.314 e. The Morgan fingerprint density at radius 1 is 1.05 bits per heavy atom. The highest BCUT2D eigenvalue weighted by Crippen LogP contribution is 2.36. The van der Waals surface area contributed by atoms with Crippen molar-refractivity contribution < 1.29 is 24.3 Å². The number of aromatic amines is 1. The normalized spacial score (nSPS) is 15.2. The average Bonchev–Trinajstić information content (AvgIpc) is 3.30. The molecule has 2 aromatic carbocycles. The molecular weight excluding hydrogens is 534 g/mol. The van der Waals surface area contributed by atoms with E-state index in [0.717, 1.165) is 22.0 Å². The maximum Gasteiger partial charge on any atom is 0.314 e. The third-order valence-corrected chi connectivity index (χ3v) is 6.95. The summed E-state index contributed by atoms with van der Waals surface area (Å²) < 4.78 is 0. The van der Waals surface area contributed by atoms with Gasteiger partial charge in [-0.3, -0.25) is 19.2 Å². The molecule has 1 aromatic heterocycles. The van der Waals surface area contributed by atoms with Crippen molar-refractivity contribution in [2.45, 2.75) is 57.0 Å². The molecule has 4 rings (SSSR count). The molecule has 0 spiro atoms. The van der Waals surface area contributed by atoms with Gasteiger partial charge in [0.2, 0.25) is 17.7 Å². The van der Waals surface area contributed by atoms with E-state index in [1.807, 2.05) is 60.8 Å². The van der Waals surface area contributed by atoms with Crippen molar-refractivity contribution in [1.82, 2.24) is 15.2 Å². The molecule has 1 aliphatic heterocycles. The minimum atomic E-state index is -1.15. The van der Waals surface area contributed by atoms with Crippen LogP contribution in [0.1, 0.15) is 44.7 Å². The lowest BCUT2D eigenvalue weighted by Gasteiger charge is -2.40.